The Labute approximate surface area is 140 Å². The van der Waals surface area contributed by atoms with Crippen LogP contribution in [0.1, 0.15) is 56.6 Å². The molecular formula is C19H31N3O. The topological polar surface area (TPSA) is 56.7 Å². The highest BCUT2D eigenvalue weighted by molar-refractivity contribution is 5.79. The van der Waals surface area contributed by atoms with E-state index in [1.807, 2.05) is 24.3 Å². The fourth-order valence-electron chi connectivity index (χ4n) is 3.27. The quantitative estimate of drug-likeness (QED) is 0.392. The standard InChI is InChI=1S/C19H31N3O/c1-2-20-19(21-13-7-10-16-8-3-4-9-16)22-14-17-11-5-6-12-18(17)15-23/h5-6,11-12,16,23H,2-4,7-10,13-15H2,1H3,(H2,20,21,22). The third-order valence-corrected chi connectivity index (χ3v) is 4.60. The van der Waals surface area contributed by atoms with Crippen molar-refractivity contribution in [3.63, 3.8) is 0 Å². The predicted octanol–water partition coefficient (Wildman–Crippen LogP) is 3.20. The summed E-state index contributed by atoms with van der Waals surface area (Å²) in [6.45, 7) is 4.57. The van der Waals surface area contributed by atoms with Gasteiger partial charge in [0, 0.05) is 13.1 Å². The zero-order chi connectivity index (χ0) is 16.3. The molecule has 0 radical (unpaired) electrons. The molecule has 0 amide bonds. The molecule has 128 valence electrons. The molecule has 0 saturated heterocycles. The predicted molar refractivity (Wildman–Crippen MR) is 96.4 cm³/mol. The molecule has 1 aliphatic rings. The van der Waals surface area contributed by atoms with E-state index in [2.05, 4.69) is 22.5 Å². The fourth-order valence-corrected chi connectivity index (χ4v) is 3.27. The molecule has 0 atom stereocenters. The van der Waals surface area contributed by atoms with Gasteiger partial charge in [-0.1, -0.05) is 49.9 Å². The van der Waals surface area contributed by atoms with Crippen molar-refractivity contribution < 1.29 is 5.11 Å². The molecule has 1 aromatic carbocycles. The lowest BCUT2D eigenvalue weighted by Crippen LogP contribution is -2.37. The van der Waals surface area contributed by atoms with Gasteiger partial charge in [-0.3, -0.25) is 0 Å². The first-order chi connectivity index (χ1) is 11.3. The van der Waals surface area contributed by atoms with Gasteiger partial charge in [-0.2, -0.15) is 0 Å². The number of nitrogens with one attached hydrogen (secondary N) is 2. The molecular weight excluding hydrogens is 286 g/mol. The average molecular weight is 317 g/mol. The van der Waals surface area contributed by atoms with E-state index < -0.39 is 0 Å². The van der Waals surface area contributed by atoms with Gasteiger partial charge in [-0.05, 0) is 36.8 Å². The average Bonchev–Trinajstić information content (AvgIpc) is 3.10. The number of hydrogen-bond donors (Lipinski definition) is 3. The Morgan fingerprint density at radius 2 is 1.91 bits per heavy atom. The molecule has 0 spiro atoms. The molecule has 3 N–H and O–H groups in total. The molecule has 4 nitrogen and oxygen atoms in total. The molecule has 0 unspecified atom stereocenters. The number of hydrogen-bond acceptors (Lipinski definition) is 2. The monoisotopic (exact) mass is 317 g/mol. The molecule has 0 aliphatic heterocycles. The van der Waals surface area contributed by atoms with Gasteiger partial charge >= 0.3 is 0 Å². The summed E-state index contributed by atoms with van der Waals surface area (Å²) in [5.41, 5.74) is 2.03. The van der Waals surface area contributed by atoms with Gasteiger partial charge < -0.3 is 15.7 Å². The van der Waals surface area contributed by atoms with Crippen molar-refractivity contribution in [2.45, 2.75) is 58.6 Å². The maximum absolute atomic E-state index is 9.38. The Kier molecular flexibility index (Phi) is 7.95. The molecule has 1 aromatic rings. The van der Waals surface area contributed by atoms with E-state index in [0.717, 1.165) is 36.1 Å². The van der Waals surface area contributed by atoms with Gasteiger partial charge in [-0.15, -0.1) is 0 Å². The highest BCUT2D eigenvalue weighted by Gasteiger charge is 2.13. The smallest absolute Gasteiger partial charge is 0.191 e. The van der Waals surface area contributed by atoms with Crippen molar-refractivity contribution >= 4 is 5.96 Å². The van der Waals surface area contributed by atoms with Crippen LogP contribution in [0.2, 0.25) is 0 Å². The van der Waals surface area contributed by atoms with Crippen molar-refractivity contribution in [1.82, 2.24) is 10.6 Å². The third kappa shape index (κ3) is 6.22. The van der Waals surface area contributed by atoms with Gasteiger partial charge in [0.25, 0.3) is 0 Å². The summed E-state index contributed by atoms with van der Waals surface area (Å²) in [6.07, 6.45) is 8.24. The van der Waals surface area contributed by atoms with Crippen LogP contribution in [-0.2, 0) is 13.2 Å². The molecule has 2 rings (SSSR count). The Morgan fingerprint density at radius 1 is 1.17 bits per heavy atom. The van der Waals surface area contributed by atoms with Crippen molar-refractivity contribution in [3.8, 4) is 0 Å². The summed E-state index contributed by atoms with van der Waals surface area (Å²) < 4.78 is 0. The van der Waals surface area contributed by atoms with E-state index >= 15 is 0 Å². The zero-order valence-electron chi connectivity index (χ0n) is 14.4. The first-order valence-electron chi connectivity index (χ1n) is 9.03. The Bertz CT molecular complexity index is 481. The first-order valence-corrected chi connectivity index (χ1v) is 9.03. The number of aliphatic hydroxyl groups is 1. The number of guanidine groups is 1. The molecule has 23 heavy (non-hydrogen) atoms. The largest absolute Gasteiger partial charge is 0.392 e. The van der Waals surface area contributed by atoms with E-state index in [1.165, 1.54) is 38.5 Å². The van der Waals surface area contributed by atoms with Crippen molar-refractivity contribution in [1.29, 1.82) is 0 Å². The number of rotatable bonds is 8. The lowest BCUT2D eigenvalue weighted by molar-refractivity contribution is 0.280. The second kappa shape index (κ2) is 10.3. The normalized spacial score (nSPS) is 15.8. The van der Waals surface area contributed by atoms with Gasteiger partial charge in [0.1, 0.15) is 0 Å². The van der Waals surface area contributed by atoms with Crippen molar-refractivity contribution in [3.05, 3.63) is 35.4 Å². The van der Waals surface area contributed by atoms with Crippen LogP contribution in [0.4, 0.5) is 0 Å². The lowest BCUT2D eigenvalue weighted by atomic mass is 10.0. The minimum atomic E-state index is 0.0665. The van der Waals surface area contributed by atoms with Gasteiger partial charge in [0.05, 0.1) is 13.2 Å². The van der Waals surface area contributed by atoms with E-state index in [4.69, 9.17) is 0 Å². The second-order valence-corrected chi connectivity index (χ2v) is 6.34. The van der Waals surface area contributed by atoms with Crippen LogP contribution in [0.5, 0.6) is 0 Å². The number of benzene rings is 1. The molecule has 0 bridgehead atoms. The zero-order valence-corrected chi connectivity index (χ0v) is 14.4. The van der Waals surface area contributed by atoms with Gasteiger partial charge in [-0.25, -0.2) is 4.99 Å². The van der Waals surface area contributed by atoms with Crippen LogP contribution in [0, 0.1) is 5.92 Å². The molecule has 0 aromatic heterocycles. The van der Waals surface area contributed by atoms with E-state index in [0.29, 0.717) is 6.54 Å². The molecule has 1 aliphatic carbocycles. The second-order valence-electron chi connectivity index (χ2n) is 6.34. The minimum absolute atomic E-state index is 0.0665. The van der Waals surface area contributed by atoms with E-state index in [1.54, 1.807) is 0 Å². The number of nitrogens with zero attached hydrogens (tertiary/aromatic N) is 1. The van der Waals surface area contributed by atoms with E-state index in [9.17, 15) is 5.11 Å². The van der Waals surface area contributed by atoms with Crippen LogP contribution in [0.3, 0.4) is 0 Å². The van der Waals surface area contributed by atoms with Crippen molar-refractivity contribution in [2.24, 2.45) is 10.9 Å². The Hall–Kier alpha value is -1.55. The number of aliphatic imine (C=N–C) groups is 1. The molecule has 0 heterocycles. The summed E-state index contributed by atoms with van der Waals surface area (Å²) in [5, 5.41) is 16.1. The van der Waals surface area contributed by atoms with Crippen LogP contribution < -0.4 is 10.6 Å². The van der Waals surface area contributed by atoms with E-state index in [-0.39, 0.29) is 6.61 Å². The maximum Gasteiger partial charge on any atom is 0.191 e. The summed E-state index contributed by atoms with van der Waals surface area (Å²) >= 11 is 0. The highest BCUT2D eigenvalue weighted by atomic mass is 16.3. The van der Waals surface area contributed by atoms with Crippen molar-refractivity contribution in [2.75, 3.05) is 13.1 Å². The lowest BCUT2D eigenvalue weighted by Gasteiger charge is -2.13. The van der Waals surface area contributed by atoms with Crippen LogP contribution in [-0.4, -0.2) is 24.2 Å². The highest BCUT2D eigenvalue weighted by Crippen LogP contribution is 2.28. The summed E-state index contributed by atoms with van der Waals surface area (Å²) in [4.78, 5) is 4.64. The Balaban J connectivity index is 1.79. The SMILES string of the molecule is CCNC(=NCc1ccccc1CO)NCCCC1CCCC1. The summed E-state index contributed by atoms with van der Waals surface area (Å²) in [6, 6.07) is 7.92. The Morgan fingerprint density at radius 3 is 2.61 bits per heavy atom. The molecule has 1 saturated carbocycles. The van der Waals surface area contributed by atoms with Gasteiger partial charge in [0.2, 0.25) is 0 Å². The minimum Gasteiger partial charge on any atom is -0.392 e. The first kappa shape index (κ1) is 17.8. The summed E-state index contributed by atoms with van der Waals surface area (Å²) in [7, 11) is 0. The van der Waals surface area contributed by atoms with Crippen LogP contribution in [0.15, 0.2) is 29.3 Å². The third-order valence-electron chi connectivity index (χ3n) is 4.60. The maximum atomic E-state index is 9.38. The molecule has 1 fully saturated rings. The van der Waals surface area contributed by atoms with Crippen LogP contribution in [0.25, 0.3) is 0 Å². The van der Waals surface area contributed by atoms with Crippen LogP contribution >= 0.6 is 0 Å². The molecule has 4 heteroatoms. The van der Waals surface area contributed by atoms with Gasteiger partial charge in [0.15, 0.2) is 5.96 Å². The fraction of sp³-hybridized carbons (Fsp3) is 0.632. The summed E-state index contributed by atoms with van der Waals surface area (Å²) in [5.74, 6) is 1.82. The number of aliphatic hydroxyl groups excluding tert-OH is 1.